The number of nitrogens with one attached hydrogen (secondary N) is 1. The Morgan fingerprint density at radius 1 is 1.04 bits per heavy atom. The van der Waals surface area contributed by atoms with Gasteiger partial charge in [-0.1, -0.05) is 53.9 Å². The molecule has 0 saturated carbocycles. The third-order valence-electron chi connectivity index (χ3n) is 8.56. The first-order chi connectivity index (χ1) is 22.8. The smallest absolute Gasteiger partial charge is 0.261 e. The van der Waals surface area contributed by atoms with E-state index < -0.39 is 16.1 Å². The van der Waals surface area contributed by atoms with Gasteiger partial charge in [0.05, 0.1) is 45.4 Å². The van der Waals surface area contributed by atoms with E-state index in [9.17, 15) is 18.3 Å². The maximum absolute atomic E-state index is 14.4. The fourth-order valence-electron chi connectivity index (χ4n) is 5.70. The summed E-state index contributed by atoms with van der Waals surface area (Å²) in [5, 5.41) is 11.3. The van der Waals surface area contributed by atoms with E-state index in [1.807, 2.05) is 40.0 Å². The lowest BCUT2D eigenvalue weighted by atomic mass is 10.0. The van der Waals surface area contributed by atoms with Crippen molar-refractivity contribution >= 4 is 44.8 Å². The summed E-state index contributed by atoms with van der Waals surface area (Å²) in [7, 11) is -1.90. The van der Waals surface area contributed by atoms with Crippen molar-refractivity contribution in [1.82, 2.24) is 9.80 Å². The van der Waals surface area contributed by atoms with Gasteiger partial charge in [0.25, 0.3) is 15.9 Å². The van der Waals surface area contributed by atoms with Gasteiger partial charge in [0, 0.05) is 37.8 Å². The number of hydrogen-bond donors (Lipinski definition) is 2. The van der Waals surface area contributed by atoms with Gasteiger partial charge in [-0.05, 0) is 95.1 Å². The highest BCUT2D eigenvalue weighted by Crippen LogP contribution is 2.30. The van der Waals surface area contributed by atoms with Gasteiger partial charge >= 0.3 is 0 Å². The van der Waals surface area contributed by atoms with Crippen molar-refractivity contribution in [3.63, 3.8) is 0 Å². The summed E-state index contributed by atoms with van der Waals surface area (Å²) in [6.07, 6.45) is 2.03. The highest BCUT2D eigenvalue weighted by atomic mass is 35.5. The quantitative estimate of drug-likeness (QED) is 0.245. The summed E-state index contributed by atoms with van der Waals surface area (Å²) in [6.45, 7) is 9.48. The molecule has 1 amide bonds. The fourth-order valence-corrected chi connectivity index (χ4v) is 7.07. The molecular formula is C36H47Cl2N3O6S. The second-order valence-electron chi connectivity index (χ2n) is 12.9. The van der Waals surface area contributed by atoms with Crippen LogP contribution in [0.5, 0.6) is 5.75 Å². The molecule has 2 N–H and O–H groups in total. The highest BCUT2D eigenvalue weighted by molar-refractivity contribution is 7.92. The van der Waals surface area contributed by atoms with Crippen LogP contribution in [0.3, 0.4) is 0 Å². The number of nitrogens with zero attached hydrogens (tertiary/aromatic N) is 2. The van der Waals surface area contributed by atoms with E-state index in [-0.39, 0.29) is 46.8 Å². The SMILES string of the molecule is Cc1ccc(S(=O)(=O)Nc2ccc3c(c2)C(=O)N([C@@H](C)CO)C[C@H](C)[C@@H](CN(C)Cc2ccc(Cl)c(Cl)c2)OCCCC[C@H](C)O3)cc1. The number of aryl methyl sites for hydroxylation is 1. The monoisotopic (exact) mass is 719 g/mol. The van der Waals surface area contributed by atoms with Crippen molar-refractivity contribution in [3.8, 4) is 5.75 Å². The summed E-state index contributed by atoms with van der Waals surface area (Å²) in [5.74, 6) is -0.129. The Labute approximate surface area is 295 Å². The minimum absolute atomic E-state index is 0.115. The molecule has 1 aliphatic rings. The van der Waals surface area contributed by atoms with Gasteiger partial charge in [-0.15, -0.1) is 0 Å². The summed E-state index contributed by atoms with van der Waals surface area (Å²) < 4.78 is 41.8. The minimum atomic E-state index is -3.91. The molecule has 0 fully saturated rings. The zero-order valence-electron chi connectivity index (χ0n) is 28.3. The predicted molar refractivity (Wildman–Crippen MR) is 192 cm³/mol. The minimum Gasteiger partial charge on any atom is -0.490 e. The maximum Gasteiger partial charge on any atom is 0.261 e. The van der Waals surface area contributed by atoms with Crippen LogP contribution in [0.25, 0.3) is 0 Å². The largest absolute Gasteiger partial charge is 0.490 e. The van der Waals surface area contributed by atoms with Gasteiger partial charge in [-0.2, -0.15) is 0 Å². The highest BCUT2D eigenvalue weighted by Gasteiger charge is 2.31. The molecule has 1 heterocycles. The molecule has 0 aliphatic carbocycles. The number of carbonyl (C=O) groups excluding carboxylic acids is 1. The first-order valence-electron chi connectivity index (χ1n) is 16.3. The molecule has 0 aromatic heterocycles. The van der Waals surface area contributed by atoms with Gasteiger partial charge in [-0.25, -0.2) is 8.42 Å². The predicted octanol–water partition coefficient (Wildman–Crippen LogP) is 7.03. The lowest BCUT2D eigenvalue weighted by Crippen LogP contribution is -2.47. The van der Waals surface area contributed by atoms with E-state index in [4.69, 9.17) is 32.7 Å². The van der Waals surface area contributed by atoms with Gasteiger partial charge in [0.2, 0.25) is 0 Å². The van der Waals surface area contributed by atoms with E-state index in [0.29, 0.717) is 42.0 Å². The average Bonchev–Trinajstić information content (AvgIpc) is 3.04. The van der Waals surface area contributed by atoms with Crippen molar-refractivity contribution < 1.29 is 27.8 Å². The second kappa shape index (κ2) is 17.2. The number of rotatable bonds is 9. The Hall–Kier alpha value is -2.86. The van der Waals surface area contributed by atoms with Crippen molar-refractivity contribution in [2.45, 2.75) is 76.6 Å². The summed E-state index contributed by atoms with van der Waals surface area (Å²) in [4.78, 5) is 18.3. The van der Waals surface area contributed by atoms with Crippen molar-refractivity contribution in [3.05, 3.63) is 87.4 Å². The Kier molecular flexibility index (Phi) is 13.6. The van der Waals surface area contributed by atoms with Crippen molar-refractivity contribution in [2.75, 3.05) is 38.1 Å². The Morgan fingerprint density at radius 2 is 1.77 bits per heavy atom. The summed E-state index contributed by atoms with van der Waals surface area (Å²) in [6, 6.07) is 16.4. The topological polar surface area (TPSA) is 108 Å². The molecule has 0 saturated heterocycles. The molecular weight excluding hydrogens is 673 g/mol. The zero-order valence-corrected chi connectivity index (χ0v) is 30.6. The van der Waals surface area contributed by atoms with Crippen LogP contribution in [0, 0.1) is 12.8 Å². The van der Waals surface area contributed by atoms with Crippen LogP contribution in [0.2, 0.25) is 10.0 Å². The van der Waals surface area contributed by atoms with Crippen LogP contribution in [-0.4, -0.2) is 80.8 Å². The van der Waals surface area contributed by atoms with Crippen LogP contribution in [0.15, 0.2) is 65.6 Å². The second-order valence-corrected chi connectivity index (χ2v) is 15.4. The maximum atomic E-state index is 14.4. The van der Waals surface area contributed by atoms with Crippen LogP contribution >= 0.6 is 23.2 Å². The van der Waals surface area contributed by atoms with Gasteiger partial charge < -0.3 is 19.5 Å². The number of ether oxygens (including phenoxy) is 2. The summed E-state index contributed by atoms with van der Waals surface area (Å²) in [5.41, 5.74) is 2.40. The van der Waals surface area contributed by atoms with Crippen LogP contribution < -0.4 is 9.46 Å². The lowest BCUT2D eigenvalue weighted by molar-refractivity contribution is -0.0177. The number of sulfonamides is 1. The zero-order chi connectivity index (χ0) is 35.0. The van der Waals surface area contributed by atoms with Crippen molar-refractivity contribution in [1.29, 1.82) is 0 Å². The number of aliphatic hydroxyl groups is 1. The van der Waals surface area contributed by atoms with E-state index in [0.717, 1.165) is 30.4 Å². The third kappa shape index (κ3) is 10.3. The molecule has 0 radical (unpaired) electrons. The van der Waals surface area contributed by atoms with Crippen LogP contribution in [0.1, 0.15) is 61.5 Å². The van der Waals surface area contributed by atoms with Crippen molar-refractivity contribution in [2.24, 2.45) is 5.92 Å². The Balaban J connectivity index is 1.63. The number of halogens is 2. The van der Waals surface area contributed by atoms with Gasteiger partial charge in [0.15, 0.2) is 0 Å². The molecule has 0 unspecified atom stereocenters. The van der Waals surface area contributed by atoms with Crippen LogP contribution in [0.4, 0.5) is 5.69 Å². The number of hydrogen-bond acceptors (Lipinski definition) is 7. The summed E-state index contributed by atoms with van der Waals surface area (Å²) >= 11 is 12.4. The van der Waals surface area contributed by atoms with Crippen LogP contribution in [-0.2, 0) is 21.3 Å². The molecule has 0 bridgehead atoms. The number of likely N-dealkylation sites (N-methyl/N-ethyl adjacent to an activating group) is 1. The van der Waals surface area contributed by atoms with E-state index in [1.54, 1.807) is 54.3 Å². The molecule has 3 aromatic rings. The lowest BCUT2D eigenvalue weighted by Gasteiger charge is -2.36. The molecule has 9 nitrogen and oxygen atoms in total. The molecule has 12 heteroatoms. The molecule has 3 aromatic carbocycles. The number of fused-ring (bicyclic) bond motifs is 1. The average molecular weight is 721 g/mol. The van der Waals surface area contributed by atoms with Gasteiger partial charge in [-0.3, -0.25) is 14.4 Å². The number of carbonyl (C=O) groups is 1. The number of aliphatic hydroxyl groups excluding tert-OH is 1. The Morgan fingerprint density at radius 3 is 2.46 bits per heavy atom. The normalized spacial score (nSPS) is 20.5. The Bertz CT molecular complexity index is 1640. The molecule has 0 spiro atoms. The number of benzene rings is 3. The molecule has 48 heavy (non-hydrogen) atoms. The fraction of sp³-hybridized carbons (Fsp3) is 0.472. The van der Waals surface area contributed by atoms with E-state index in [2.05, 4.69) is 9.62 Å². The first-order valence-corrected chi connectivity index (χ1v) is 18.6. The van der Waals surface area contributed by atoms with Gasteiger partial charge in [0.1, 0.15) is 5.75 Å². The molecule has 4 rings (SSSR count). The number of anilines is 1. The third-order valence-corrected chi connectivity index (χ3v) is 10.7. The van der Waals surface area contributed by atoms with E-state index >= 15 is 0 Å². The first kappa shape index (κ1) is 38.0. The molecule has 1 aliphatic heterocycles. The number of amides is 1. The molecule has 4 atom stereocenters. The van der Waals surface area contributed by atoms with E-state index in [1.165, 1.54) is 6.07 Å². The molecule has 262 valence electrons. The standard InChI is InChI=1S/C36H47Cl2N3O6S/c1-24-9-13-30(14-10-24)48(44,45)39-29-12-16-34-31(19-29)36(43)41(26(3)23-42)20-25(2)35(46-17-7-6-8-27(4)47-34)22-40(5)21-28-11-15-32(37)33(38)18-28/h9-16,18-19,25-27,35,39,42H,6-8,17,20-23H2,1-5H3/t25-,26-,27-,35+/m0/s1.